The maximum atomic E-state index is 13.1. The van der Waals surface area contributed by atoms with Crippen LogP contribution < -0.4 is 5.32 Å². The van der Waals surface area contributed by atoms with Gasteiger partial charge in [0.15, 0.2) is 4.90 Å². The molecule has 2 unspecified atom stereocenters. The normalized spacial score (nSPS) is 17.6. The lowest BCUT2D eigenvalue weighted by molar-refractivity contribution is -0.138. The smallest absolute Gasteiger partial charge is 0.305 e. The van der Waals surface area contributed by atoms with E-state index in [0.717, 1.165) is 4.90 Å². The van der Waals surface area contributed by atoms with Gasteiger partial charge in [0.1, 0.15) is 17.4 Å². The van der Waals surface area contributed by atoms with E-state index in [9.17, 15) is 28.5 Å². The summed E-state index contributed by atoms with van der Waals surface area (Å²) < 4.78 is 39.6. The minimum atomic E-state index is -1.64. The quantitative estimate of drug-likeness (QED) is 0.114. The molecule has 0 aromatic heterocycles. The highest BCUT2D eigenvalue weighted by molar-refractivity contribution is 7.91. The number of carbonyl (C=O) groups excluding carboxylic acids is 4. The zero-order valence-electron chi connectivity index (χ0n) is 22.5. The minimum Gasteiger partial charge on any atom is -0.611 e. The molecule has 1 aromatic rings. The number of benzene rings is 1. The van der Waals surface area contributed by atoms with E-state index in [2.05, 4.69) is 5.32 Å². The van der Waals surface area contributed by atoms with Crippen molar-refractivity contribution in [1.29, 1.82) is 0 Å². The largest absolute Gasteiger partial charge is 0.611 e. The van der Waals surface area contributed by atoms with Crippen LogP contribution in [0.2, 0.25) is 0 Å². The molecule has 0 aliphatic carbocycles. The molecule has 0 radical (unpaired) electrons. The van der Waals surface area contributed by atoms with Crippen molar-refractivity contribution in [2.24, 2.45) is 0 Å². The van der Waals surface area contributed by atoms with Gasteiger partial charge < -0.3 is 33.3 Å². The number of nitrogens with zero attached hydrogens (tertiary/aromatic N) is 1. The number of hydrogen-bond acceptors (Lipinski definition) is 11. The first-order chi connectivity index (χ1) is 19.8. The van der Waals surface area contributed by atoms with Gasteiger partial charge >= 0.3 is 5.97 Å². The lowest BCUT2D eigenvalue weighted by atomic mass is 10.0. The van der Waals surface area contributed by atoms with E-state index < -0.39 is 46.8 Å². The number of carboxylic acid groups (broad SMARTS) is 1. The zero-order chi connectivity index (χ0) is 29.6. The summed E-state index contributed by atoms with van der Waals surface area (Å²) in [5.41, 5.74) is 0.0917. The summed E-state index contributed by atoms with van der Waals surface area (Å²) >= 11 is -1.64. The molecule has 0 bridgehead atoms. The number of amides is 4. The highest BCUT2D eigenvalue weighted by Crippen LogP contribution is 2.32. The molecule has 2 N–H and O–H groups in total. The van der Waals surface area contributed by atoms with Crippen LogP contribution in [-0.4, -0.2) is 122 Å². The van der Waals surface area contributed by atoms with E-state index in [1.807, 2.05) is 0 Å². The van der Waals surface area contributed by atoms with Gasteiger partial charge in [0.25, 0.3) is 11.8 Å². The van der Waals surface area contributed by atoms with Crippen LogP contribution in [0.1, 0.15) is 40.0 Å². The molecule has 3 rings (SSSR count). The summed E-state index contributed by atoms with van der Waals surface area (Å²) in [6.07, 6.45) is 0.0182. The maximum absolute atomic E-state index is 13.1. The summed E-state index contributed by atoms with van der Waals surface area (Å²) in [4.78, 5) is 61.1. The van der Waals surface area contributed by atoms with E-state index in [0.29, 0.717) is 46.2 Å². The fraction of sp³-hybridized carbons (Fsp3) is 0.577. The third-order valence-electron chi connectivity index (χ3n) is 6.04. The van der Waals surface area contributed by atoms with Gasteiger partial charge in [0.2, 0.25) is 11.8 Å². The molecule has 1 aromatic carbocycles. The molecular weight excluding hydrogens is 564 g/mol. The van der Waals surface area contributed by atoms with Gasteiger partial charge in [-0.2, -0.15) is 0 Å². The first-order valence-corrected chi connectivity index (χ1v) is 14.5. The molecule has 15 heteroatoms. The molecule has 0 spiro atoms. The van der Waals surface area contributed by atoms with Gasteiger partial charge in [-0.1, -0.05) is 6.07 Å². The van der Waals surface area contributed by atoms with Crippen molar-refractivity contribution in [1.82, 2.24) is 10.2 Å². The van der Waals surface area contributed by atoms with Crippen LogP contribution in [0.5, 0.6) is 0 Å². The molecule has 2 aliphatic heterocycles. The number of aliphatic carboxylic acids is 1. The Balaban J connectivity index is 1.26. The summed E-state index contributed by atoms with van der Waals surface area (Å²) in [7, 11) is 0. The van der Waals surface area contributed by atoms with Crippen LogP contribution in [0.4, 0.5) is 0 Å². The molecule has 1 saturated heterocycles. The highest BCUT2D eigenvalue weighted by Gasteiger charge is 2.47. The molecule has 2 aliphatic rings. The number of piperidine rings is 1. The monoisotopic (exact) mass is 598 g/mol. The number of carboxylic acids is 1. The average molecular weight is 599 g/mol. The number of nitrogens with one attached hydrogen (secondary N) is 1. The summed E-state index contributed by atoms with van der Waals surface area (Å²) in [6.45, 7) is 2.98. The third-order valence-corrected chi connectivity index (χ3v) is 7.40. The Morgan fingerprint density at radius 1 is 0.878 bits per heavy atom. The summed E-state index contributed by atoms with van der Waals surface area (Å²) in [5.74, 6) is -3.33. The second kappa shape index (κ2) is 17.1. The molecule has 0 saturated carbocycles. The SMILES string of the molecule is O=C(O)CCOCCOCCOCCOCCOCC[S+]([O-])c1cccc2c1C(=O)N(C1CCC(=O)NC1=O)C2=O. The van der Waals surface area contributed by atoms with Gasteiger partial charge in [-0.05, 0) is 29.7 Å². The number of fused-ring (bicyclic) bond motifs is 1. The number of rotatable bonds is 20. The predicted molar refractivity (Wildman–Crippen MR) is 141 cm³/mol. The number of imide groups is 2. The molecule has 4 amide bonds. The Morgan fingerprint density at radius 3 is 2.00 bits per heavy atom. The van der Waals surface area contributed by atoms with Crippen LogP contribution in [0.3, 0.4) is 0 Å². The van der Waals surface area contributed by atoms with E-state index in [4.69, 9.17) is 28.8 Å². The van der Waals surface area contributed by atoms with Crippen molar-refractivity contribution in [2.75, 3.05) is 71.8 Å². The van der Waals surface area contributed by atoms with Gasteiger partial charge in [0, 0.05) is 6.42 Å². The topological polar surface area (TPSA) is 190 Å². The number of ether oxygens (including phenoxy) is 5. The second-order valence-electron chi connectivity index (χ2n) is 8.88. The second-order valence-corrected chi connectivity index (χ2v) is 10.4. The predicted octanol–water partition coefficient (Wildman–Crippen LogP) is -0.247. The van der Waals surface area contributed by atoms with Crippen molar-refractivity contribution in [3.05, 3.63) is 29.3 Å². The van der Waals surface area contributed by atoms with Crippen molar-refractivity contribution in [3.8, 4) is 0 Å². The highest BCUT2D eigenvalue weighted by atomic mass is 32.2. The Hall–Kier alpha value is -2.92. The van der Waals surface area contributed by atoms with Crippen molar-refractivity contribution in [2.45, 2.75) is 30.2 Å². The zero-order valence-corrected chi connectivity index (χ0v) is 23.3. The maximum Gasteiger partial charge on any atom is 0.305 e. The van der Waals surface area contributed by atoms with Gasteiger partial charge in [-0.3, -0.25) is 34.2 Å². The van der Waals surface area contributed by atoms with Crippen LogP contribution >= 0.6 is 0 Å². The minimum absolute atomic E-state index is 0.0124. The number of carbonyl (C=O) groups is 5. The molecule has 14 nitrogen and oxygen atoms in total. The van der Waals surface area contributed by atoms with Gasteiger partial charge in [0.05, 0.1) is 78.1 Å². The molecule has 41 heavy (non-hydrogen) atoms. The van der Waals surface area contributed by atoms with E-state index in [-0.39, 0.29) is 60.9 Å². The fourth-order valence-corrected chi connectivity index (χ4v) is 5.20. The lowest BCUT2D eigenvalue weighted by Crippen LogP contribution is -2.54. The molecule has 2 atom stereocenters. The summed E-state index contributed by atoms with van der Waals surface area (Å²) in [6, 6.07) is 3.41. The van der Waals surface area contributed by atoms with E-state index in [1.165, 1.54) is 18.2 Å². The third kappa shape index (κ3) is 9.85. The van der Waals surface area contributed by atoms with Crippen molar-refractivity contribution < 1.29 is 57.3 Å². The Labute approximate surface area is 239 Å². The van der Waals surface area contributed by atoms with Crippen LogP contribution in [0.15, 0.2) is 23.1 Å². The van der Waals surface area contributed by atoms with E-state index >= 15 is 0 Å². The van der Waals surface area contributed by atoms with Crippen molar-refractivity contribution in [3.63, 3.8) is 0 Å². The Bertz CT molecular complexity index is 1080. The molecular formula is C26H34N2O12S. The van der Waals surface area contributed by atoms with Crippen LogP contribution in [0, 0.1) is 0 Å². The first kappa shape index (κ1) is 32.6. The lowest BCUT2D eigenvalue weighted by Gasteiger charge is -2.27. The number of hydrogen-bond donors (Lipinski definition) is 2. The van der Waals surface area contributed by atoms with Crippen molar-refractivity contribution >= 4 is 40.8 Å². The Morgan fingerprint density at radius 2 is 1.44 bits per heavy atom. The first-order valence-electron chi connectivity index (χ1n) is 13.1. The fourth-order valence-electron chi connectivity index (χ4n) is 4.06. The van der Waals surface area contributed by atoms with Crippen LogP contribution in [0.25, 0.3) is 0 Å². The standard InChI is InChI=1S/C26H34N2O12S/c29-21-5-4-19(24(32)27-21)28-25(33)18-2-1-3-20(23(18)26(28)34)41(35)17-16-40-15-14-39-13-12-38-11-10-37-9-8-36-7-6-22(30)31/h1-3,19H,4-17H2,(H,30,31)(H,27,29,32). The average Bonchev–Trinajstić information content (AvgIpc) is 3.19. The molecule has 1 fully saturated rings. The van der Waals surface area contributed by atoms with Gasteiger partial charge in [-0.15, -0.1) is 0 Å². The molecule has 226 valence electrons. The van der Waals surface area contributed by atoms with Gasteiger partial charge in [-0.25, -0.2) is 0 Å². The molecule has 2 heterocycles. The van der Waals surface area contributed by atoms with Crippen LogP contribution in [-0.2, 0) is 49.2 Å². The Kier molecular flexibility index (Phi) is 13.6. The summed E-state index contributed by atoms with van der Waals surface area (Å²) in [5, 5.41) is 10.6. The van der Waals surface area contributed by atoms with E-state index in [1.54, 1.807) is 0 Å².